The lowest BCUT2D eigenvalue weighted by molar-refractivity contribution is 0.208. The van der Waals surface area contributed by atoms with Gasteiger partial charge in [0, 0.05) is 11.1 Å². The maximum atomic E-state index is 10.8. The van der Waals surface area contributed by atoms with Crippen LogP contribution in [0.4, 0.5) is 0 Å². The molecule has 22 heavy (non-hydrogen) atoms. The quantitative estimate of drug-likeness (QED) is 0.889. The first kappa shape index (κ1) is 16.0. The molecule has 0 unspecified atom stereocenters. The number of aliphatic hydroxyl groups excluding tert-OH is 1. The highest BCUT2D eigenvalue weighted by molar-refractivity contribution is 5.50. The highest BCUT2D eigenvalue weighted by Crippen LogP contribution is 2.38. The Morgan fingerprint density at radius 2 is 1.09 bits per heavy atom. The zero-order valence-electron chi connectivity index (χ0n) is 13.1. The predicted molar refractivity (Wildman–Crippen MR) is 83.2 cm³/mol. The third-order valence-electron chi connectivity index (χ3n) is 3.46. The van der Waals surface area contributed by atoms with E-state index in [1.807, 2.05) is 0 Å². The number of hydrogen-bond acceptors (Lipinski definition) is 5. The van der Waals surface area contributed by atoms with Crippen molar-refractivity contribution in [2.75, 3.05) is 28.4 Å². The summed E-state index contributed by atoms with van der Waals surface area (Å²) in [5.74, 6) is 2.41. The van der Waals surface area contributed by atoms with E-state index in [9.17, 15) is 5.11 Å². The van der Waals surface area contributed by atoms with Crippen molar-refractivity contribution in [3.8, 4) is 23.0 Å². The summed E-state index contributed by atoms with van der Waals surface area (Å²) in [4.78, 5) is 0. The lowest BCUT2D eigenvalue weighted by atomic mass is 9.99. The van der Waals surface area contributed by atoms with Gasteiger partial charge in [-0.15, -0.1) is 0 Å². The van der Waals surface area contributed by atoms with Crippen molar-refractivity contribution in [2.24, 2.45) is 0 Å². The van der Waals surface area contributed by atoms with E-state index in [-0.39, 0.29) is 0 Å². The van der Waals surface area contributed by atoms with Crippen LogP contribution in [0, 0.1) is 0 Å². The van der Waals surface area contributed by atoms with Gasteiger partial charge in [-0.05, 0) is 36.4 Å². The minimum Gasteiger partial charge on any atom is -0.497 e. The molecular weight excluding hydrogens is 284 g/mol. The molecule has 0 amide bonds. The molecule has 0 radical (unpaired) electrons. The standard InChI is InChI=1S/C17H20O5/c1-19-11-5-7-15(21-3)13(9-11)17(18)14-10-12(20-2)6-8-16(14)22-4/h5-10,17-18H,1-4H3. The van der Waals surface area contributed by atoms with Crippen LogP contribution in [-0.2, 0) is 0 Å². The smallest absolute Gasteiger partial charge is 0.125 e. The molecule has 0 saturated carbocycles. The highest BCUT2D eigenvalue weighted by Gasteiger charge is 2.21. The molecule has 5 nitrogen and oxygen atoms in total. The van der Waals surface area contributed by atoms with Gasteiger partial charge in [0.1, 0.15) is 29.1 Å². The highest BCUT2D eigenvalue weighted by atomic mass is 16.5. The second-order valence-electron chi connectivity index (χ2n) is 4.62. The fourth-order valence-corrected chi connectivity index (χ4v) is 2.27. The Morgan fingerprint density at radius 1 is 0.682 bits per heavy atom. The van der Waals surface area contributed by atoms with Crippen molar-refractivity contribution in [3.63, 3.8) is 0 Å². The number of ether oxygens (including phenoxy) is 4. The summed E-state index contributed by atoms with van der Waals surface area (Å²) in [5, 5.41) is 10.8. The largest absolute Gasteiger partial charge is 0.497 e. The molecule has 0 heterocycles. The van der Waals surface area contributed by atoms with E-state index in [4.69, 9.17) is 18.9 Å². The SMILES string of the molecule is COc1ccc(OC)c(C(O)c2cc(OC)ccc2OC)c1. The molecular formula is C17H20O5. The fraction of sp³-hybridized carbons (Fsp3) is 0.294. The average Bonchev–Trinajstić information content (AvgIpc) is 2.59. The Hall–Kier alpha value is -2.40. The van der Waals surface area contributed by atoms with Crippen molar-refractivity contribution in [1.29, 1.82) is 0 Å². The normalized spacial score (nSPS) is 10.5. The molecule has 0 aliphatic carbocycles. The van der Waals surface area contributed by atoms with Crippen LogP contribution in [0.2, 0.25) is 0 Å². The fourth-order valence-electron chi connectivity index (χ4n) is 2.27. The third-order valence-corrected chi connectivity index (χ3v) is 3.46. The molecule has 2 aromatic carbocycles. The summed E-state index contributed by atoms with van der Waals surface area (Å²) in [6.45, 7) is 0. The first-order chi connectivity index (χ1) is 10.6. The molecule has 0 aliphatic heterocycles. The second kappa shape index (κ2) is 7.04. The van der Waals surface area contributed by atoms with Crippen molar-refractivity contribution in [3.05, 3.63) is 47.5 Å². The van der Waals surface area contributed by atoms with Crippen LogP contribution in [0.25, 0.3) is 0 Å². The second-order valence-corrected chi connectivity index (χ2v) is 4.62. The summed E-state index contributed by atoms with van der Waals surface area (Å²) in [5.41, 5.74) is 1.18. The topological polar surface area (TPSA) is 57.2 Å². The maximum Gasteiger partial charge on any atom is 0.125 e. The van der Waals surface area contributed by atoms with Crippen LogP contribution in [0.15, 0.2) is 36.4 Å². The number of methoxy groups -OCH3 is 4. The van der Waals surface area contributed by atoms with Gasteiger partial charge in [0.15, 0.2) is 0 Å². The van der Waals surface area contributed by atoms with Crippen LogP contribution in [0.1, 0.15) is 17.2 Å². The van der Waals surface area contributed by atoms with Crippen molar-refractivity contribution in [1.82, 2.24) is 0 Å². The van der Waals surface area contributed by atoms with E-state index in [0.29, 0.717) is 34.1 Å². The van der Waals surface area contributed by atoms with E-state index >= 15 is 0 Å². The molecule has 2 rings (SSSR count). The Labute approximate surface area is 130 Å². The zero-order chi connectivity index (χ0) is 16.1. The molecule has 0 fully saturated rings. The van der Waals surface area contributed by atoms with Crippen LogP contribution in [-0.4, -0.2) is 33.5 Å². The molecule has 5 heteroatoms. The van der Waals surface area contributed by atoms with E-state index < -0.39 is 6.10 Å². The van der Waals surface area contributed by atoms with Gasteiger partial charge in [-0.3, -0.25) is 0 Å². The van der Waals surface area contributed by atoms with E-state index in [1.54, 1.807) is 64.8 Å². The Balaban J connectivity index is 2.53. The summed E-state index contributed by atoms with van der Waals surface area (Å²) in [7, 11) is 6.26. The van der Waals surface area contributed by atoms with Gasteiger partial charge in [0.2, 0.25) is 0 Å². The van der Waals surface area contributed by atoms with Crippen LogP contribution < -0.4 is 18.9 Å². The summed E-state index contributed by atoms with van der Waals surface area (Å²) < 4.78 is 21.1. The molecule has 118 valence electrons. The van der Waals surface area contributed by atoms with Crippen molar-refractivity contribution < 1.29 is 24.1 Å². The van der Waals surface area contributed by atoms with E-state index in [1.165, 1.54) is 0 Å². The van der Waals surface area contributed by atoms with Gasteiger partial charge in [0.25, 0.3) is 0 Å². The predicted octanol–water partition coefficient (Wildman–Crippen LogP) is 2.80. The number of rotatable bonds is 6. The molecule has 0 atom stereocenters. The summed E-state index contributed by atoms with van der Waals surface area (Å²) in [6.07, 6.45) is -0.935. The van der Waals surface area contributed by atoms with Crippen LogP contribution in [0.3, 0.4) is 0 Å². The Bertz CT molecular complexity index is 583. The van der Waals surface area contributed by atoms with Gasteiger partial charge in [-0.2, -0.15) is 0 Å². The van der Waals surface area contributed by atoms with E-state index in [0.717, 1.165) is 0 Å². The molecule has 0 spiro atoms. The number of benzene rings is 2. The van der Waals surface area contributed by atoms with Gasteiger partial charge in [-0.25, -0.2) is 0 Å². The third kappa shape index (κ3) is 3.09. The number of hydrogen-bond donors (Lipinski definition) is 1. The minimum atomic E-state index is -0.935. The molecule has 0 aromatic heterocycles. The average molecular weight is 304 g/mol. The molecule has 2 aromatic rings. The summed E-state index contributed by atoms with van der Waals surface area (Å²) >= 11 is 0. The van der Waals surface area contributed by atoms with Gasteiger partial charge < -0.3 is 24.1 Å². The molecule has 0 saturated heterocycles. The maximum absolute atomic E-state index is 10.8. The first-order valence-electron chi connectivity index (χ1n) is 6.76. The lowest BCUT2D eigenvalue weighted by Gasteiger charge is -2.19. The van der Waals surface area contributed by atoms with Gasteiger partial charge in [0.05, 0.1) is 28.4 Å². The van der Waals surface area contributed by atoms with Crippen LogP contribution in [0.5, 0.6) is 23.0 Å². The van der Waals surface area contributed by atoms with Crippen LogP contribution >= 0.6 is 0 Å². The Morgan fingerprint density at radius 3 is 1.41 bits per heavy atom. The zero-order valence-corrected chi connectivity index (χ0v) is 13.1. The molecule has 0 aliphatic rings. The minimum absolute atomic E-state index is 0.568. The van der Waals surface area contributed by atoms with Gasteiger partial charge in [-0.1, -0.05) is 0 Å². The molecule has 1 N–H and O–H groups in total. The van der Waals surface area contributed by atoms with Crippen molar-refractivity contribution in [2.45, 2.75) is 6.10 Å². The first-order valence-corrected chi connectivity index (χ1v) is 6.76. The molecule has 0 bridgehead atoms. The van der Waals surface area contributed by atoms with Gasteiger partial charge >= 0.3 is 0 Å². The number of aliphatic hydroxyl groups is 1. The monoisotopic (exact) mass is 304 g/mol. The summed E-state index contributed by atoms with van der Waals surface area (Å²) in [6, 6.07) is 10.5. The van der Waals surface area contributed by atoms with E-state index in [2.05, 4.69) is 0 Å². The van der Waals surface area contributed by atoms with Crippen molar-refractivity contribution >= 4 is 0 Å². The lowest BCUT2D eigenvalue weighted by Crippen LogP contribution is -2.05. The Kier molecular flexibility index (Phi) is 5.12.